The van der Waals surface area contributed by atoms with Crippen LogP contribution >= 0.6 is 0 Å². The van der Waals surface area contributed by atoms with E-state index in [0.717, 1.165) is 0 Å². The van der Waals surface area contributed by atoms with Crippen LogP contribution in [-0.2, 0) is 25.7 Å². The molecule has 7 heteroatoms. The fourth-order valence-corrected chi connectivity index (χ4v) is 0. The molecule has 0 bridgehead atoms. The summed E-state index contributed by atoms with van der Waals surface area (Å²) in [6.45, 7) is 0. The summed E-state index contributed by atoms with van der Waals surface area (Å²) in [7, 11) is 0. The normalized spacial score (nSPS) is 1.14. The summed E-state index contributed by atoms with van der Waals surface area (Å²) in [6.07, 6.45) is 0. The van der Waals surface area contributed by atoms with Crippen LogP contribution in [0.15, 0.2) is 0 Å². The molecule has 0 aliphatic heterocycles. The quantitative estimate of drug-likeness (QED) is 0.343. The van der Waals surface area contributed by atoms with E-state index in [1.807, 2.05) is 0 Å². The van der Waals surface area contributed by atoms with E-state index < -0.39 is 19.1 Å². The average Bonchev–Trinajstić information content (AvgIpc) is 0.918. The Kier molecular flexibility index (Phi) is 172. The molecule has 0 aliphatic rings. The molecule has 0 aromatic rings. The minimum atomic E-state index is -2.00. The second-order valence-corrected chi connectivity index (χ2v) is 0.344. The number of rotatable bonds is 0. The first kappa shape index (κ1) is 32.7. The number of hydrogen-bond donors (Lipinski definition) is 0. The van der Waals surface area contributed by atoms with Crippen molar-refractivity contribution in [3.63, 3.8) is 0 Å². The van der Waals surface area contributed by atoms with Gasteiger partial charge in [-0.05, 0) is 0 Å². The molecule has 0 spiro atoms. The topological polar surface area (TPSA) is 94.1 Å². The zero-order valence-electron chi connectivity index (χ0n) is 4.21. The molecule has 2 N–H and O–H groups in total. The van der Waals surface area contributed by atoms with E-state index in [4.69, 9.17) is 6.65 Å². The third-order valence-electron chi connectivity index (χ3n) is 0. The molecule has 4 nitrogen and oxygen atoms in total. The Morgan fingerprint density at radius 3 is 1.00 bits per heavy atom. The van der Waals surface area contributed by atoms with Crippen LogP contribution in [0.4, 0.5) is 0 Å². The summed E-state index contributed by atoms with van der Waals surface area (Å²) >= 11 is -2.00. The van der Waals surface area contributed by atoms with Gasteiger partial charge < -0.3 is 11.0 Å². The van der Waals surface area contributed by atoms with Gasteiger partial charge in [0.25, 0.3) is 0 Å². The predicted molar refractivity (Wildman–Crippen MR) is 5.24 cm³/mol. The minimum absolute atomic E-state index is 0. The van der Waals surface area contributed by atoms with Crippen LogP contribution < -0.4 is 80.9 Å². The Bertz CT molecular complexity index is 32.7. The van der Waals surface area contributed by atoms with Crippen LogP contribution in [0.2, 0.25) is 0 Å². The molecule has 32 valence electrons. The molecule has 0 saturated heterocycles. The van der Waals surface area contributed by atoms with Gasteiger partial charge in [0.05, 0.1) is 0 Å². The van der Waals surface area contributed by atoms with Gasteiger partial charge in [0.1, 0.15) is 0 Å². The third-order valence-corrected chi connectivity index (χ3v) is 0. The fourth-order valence-electron chi connectivity index (χ4n) is 0. The SMILES string of the molecule is [K+].[Na+].[OH-].[OH-].[O]=[Ti]=[O]. The maximum atomic E-state index is 8.50. The average molecular weight is 176 g/mol. The van der Waals surface area contributed by atoms with Crippen LogP contribution in [0.3, 0.4) is 0 Å². The zero-order valence-corrected chi connectivity index (χ0v) is 10.9. The Labute approximate surface area is 115 Å². The van der Waals surface area contributed by atoms with Crippen LogP contribution in [-0.4, -0.2) is 11.0 Å². The van der Waals surface area contributed by atoms with E-state index in [1.54, 1.807) is 0 Å². The molecule has 0 fully saturated rings. The Morgan fingerprint density at radius 1 is 1.00 bits per heavy atom. The molecule has 0 aromatic heterocycles. The summed E-state index contributed by atoms with van der Waals surface area (Å²) in [4.78, 5) is 0. The standard InChI is InChI=1S/K.Na.2H2O.2O.Ti/h;;2*1H2;;;/q2*+1;;;;;/p-2. The van der Waals surface area contributed by atoms with Crippen molar-refractivity contribution in [2.45, 2.75) is 0 Å². The van der Waals surface area contributed by atoms with E-state index in [2.05, 4.69) is 0 Å². The molecule has 0 saturated carbocycles. The Morgan fingerprint density at radius 2 is 1.00 bits per heavy atom. The maximum absolute atomic E-state index is 8.50. The van der Waals surface area contributed by atoms with Crippen molar-refractivity contribution in [1.29, 1.82) is 0 Å². The molecule has 0 aliphatic carbocycles. The Hall–Kier alpha value is 2.87. The number of hydrogen-bond acceptors (Lipinski definition) is 4. The molecular weight excluding hydrogens is 174 g/mol. The first-order chi connectivity index (χ1) is 1.41. The third kappa shape index (κ3) is 50.8. The molecule has 0 aromatic carbocycles. The van der Waals surface area contributed by atoms with E-state index in [-0.39, 0.29) is 91.9 Å². The van der Waals surface area contributed by atoms with Crippen molar-refractivity contribution in [1.82, 2.24) is 0 Å². The molecule has 0 radical (unpaired) electrons. The monoisotopic (exact) mass is 176 g/mol. The summed E-state index contributed by atoms with van der Waals surface area (Å²) in [5, 5.41) is 0. The van der Waals surface area contributed by atoms with Gasteiger partial charge in [-0.25, -0.2) is 0 Å². The van der Waals surface area contributed by atoms with E-state index in [1.165, 1.54) is 0 Å². The molecule has 0 unspecified atom stereocenters. The van der Waals surface area contributed by atoms with E-state index >= 15 is 0 Å². The summed E-state index contributed by atoms with van der Waals surface area (Å²) in [5.74, 6) is 0. The van der Waals surface area contributed by atoms with Gasteiger partial charge in [-0.2, -0.15) is 0 Å². The first-order valence-electron chi connectivity index (χ1n) is 0.408. The van der Waals surface area contributed by atoms with E-state index in [9.17, 15) is 0 Å². The van der Waals surface area contributed by atoms with Gasteiger partial charge in [-0.1, -0.05) is 0 Å². The molecule has 0 amide bonds. The fraction of sp³-hybridized carbons (Fsp3) is 0. The van der Waals surface area contributed by atoms with Gasteiger partial charge in [0.15, 0.2) is 0 Å². The van der Waals surface area contributed by atoms with Gasteiger partial charge in [-0.3, -0.25) is 0 Å². The summed E-state index contributed by atoms with van der Waals surface area (Å²) in [5.41, 5.74) is 0. The second kappa shape index (κ2) is 36.7. The van der Waals surface area contributed by atoms with Crippen molar-refractivity contribution in [2.75, 3.05) is 0 Å². The van der Waals surface area contributed by atoms with Crippen molar-refractivity contribution in [3.8, 4) is 0 Å². The van der Waals surface area contributed by atoms with Crippen LogP contribution in [0.25, 0.3) is 0 Å². The first-order valence-corrected chi connectivity index (χ1v) is 1.68. The zero-order chi connectivity index (χ0) is 2.71. The van der Waals surface area contributed by atoms with Gasteiger partial charge >= 0.3 is 107 Å². The molecule has 0 heterocycles. The van der Waals surface area contributed by atoms with Gasteiger partial charge in [0.2, 0.25) is 0 Å². The molecular formula is H2KNaO4Ti. The van der Waals surface area contributed by atoms with E-state index in [0.29, 0.717) is 0 Å². The molecule has 0 atom stereocenters. The van der Waals surface area contributed by atoms with Crippen LogP contribution in [0.1, 0.15) is 0 Å². The molecule has 0 rings (SSSR count). The van der Waals surface area contributed by atoms with Crippen molar-refractivity contribution >= 4 is 0 Å². The van der Waals surface area contributed by atoms with Crippen molar-refractivity contribution in [2.24, 2.45) is 0 Å². The second-order valence-electron chi connectivity index (χ2n) is 0.0833. The van der Waals surface area contributed by atoms with Gasteiger partial charge in [-0.15, -0.1) is 0 Å². The van der Waals surface area contributed by atoms with Crippen molar-refractivity contribution in [3.05, 3.63) is 0 Å². The molecule has 7 heavy (non-hydrogen) atoms. The van der Waals surface area contributed by atoms with Gasteiger partial charge in [0, 0.05) is 0 Å². The van der Waals surface area contributed by atoms with Crippen LogP contribution in [0, 0.1) is 0 Å². The van der Waals surface area contributed by atoms with Crippen molar-refractivity contribution < 1.29 is 118 Å². The summed E-state index contributed by atoms with van der Waals surface area (Å²) in [6, 6.07) is 0. The predicted octanol–water partition coefficient (Wildman–Crippen LogP) is -6.59. The Balaban J connectivity index is -0.00000000333. The van der Waals surface area contributed by atoms with Crippen LogP contribution in [0.5, 0.6) is 0 Å². The summed E-state index contributed by atoms with van der Waals surface area (Å²) < 4.78 is 17.0.